The van der Waals surface area contributed by atoms with Crippen LogP contribution in [0.15, 0.2) is 72.8 Å². The summed E-state index contributed by atoms with van der Waals surface area (Å²) in [5.41, 5.74) is 4.92. The quantitative estimate of drug-likeness (QED) is 0.606. The molecule has 4 nitrogen and oxygen atoms in total. The summed E-state index contributed by atoms with van der Waals surface area (Å²) in [6.45, 7) is -0.301. The van der Waals surface area contributed by atoms with Crippen molar-refractivity contribution in [3.05, 3.63) is 78.4 Å². The molecule has 0 spiro atoms. The van der Waals surface area contributed by atoms with Gasteiger partial charge >= 0.3 is 0 Å². The number of benzene rings is 3. The lowest BCUT2D eigenvalue weighted by Gasteiger charge is -2.15. The third kappa shape index (κ3) is 4.68. The molecule has 3 aromatic carbocycles. The number of anilines is 3. The monoisotopic (exact) mass is 376 g/mol. The van der Waals surface area contributed by atoms with Gasteiger partial charge in [0.2, 0.25) is 0 Å². The summed E-state index contributed by atoms with van der Waals surface area (Å²) in [4.78, 5) is 14.7. The topological polar surface area (TPSA) is 44.4 Å². The lowest BCUT2D eigenvalue weighted by Crippen LogP contribution is -2.15. The Morgan fingerprint density at radius 2 is 1.61 bits per heavy atom. The maximum Gasteiger partial charge on any atom is 0.255 e. The molecule has 0 aliphatic rings. The first kappa shape index (κ1) is 19.4. The van der Waals surface area contributed by atoms with Gasteiger partial charge in [-0.15, -0.1) is 0 Å². The van der Waals surface area contributed by atoms with E-state index in [0.29, 0.717) is 16.9 Å². The van der Waals surface area contributed by atoms with Gasteiger partial charge in [-0.3, -0.25) is 4.79 Å². The van der Waals surface area contributed by atoms with E-state index in [0.717, 1.165) is 16.8 Å². The van der Waals surface area contributed by atoms with Crippen LogP contribution in [0.2, 0.25) is 0 Å². The van der Waals surface area contributed by atoms with Crippen molar-refractivity contribution in [2.24, 2.45) is 0 Å². The molecule has 0 bridgehead atoms. The van der Waals surface area contributed by atoms with Crippen LogP contribution in [-0.4, -0.2) is 33.2 Å². The highest BCUT2D eigenvalue weighted by Crippen LogP contribution is 2.29. The Bertz CT molecular complexity index is 924. The number of amides is 1. The van der Waals surface area contributed by atoms with Gasteiger partial charge in [0.05, 0.1) is 11.4 Å². The molecule has 0 saturated carbocycles. The van der Waals surface area contributed by atoms with Crippen LogP contribution in [0.25, 0.3) is 11.1 Å². The maximum absolute atomic E-state index is 12.7. The van der Waals surface area contributed by atoms with E-state index in [9.17, 15) is 9.18 Å². The number of halogens is 1. The number of carbonyl (C=O) groups excluding carboxylic acids is 1. The highest BCUT2D eigenvalue weighted by atomic mass is 18.2. The Labute approximate surface area is 165 Å². The van der Waals surface area contributed by atoms with Crippen LogP contribution in [-0.2, 0) is 0 Å². The summed E-state index contributed by atoms with van der Waals surface area (Å²) >= 11 is 0. The van der Waals surface area contributed by atoms with Crippen LogP contribution >= 0.6 is 0 Å². The van der Waals surface area contributed by atoms with Gasteiger partial charge in [-0.1, -0.05) is 36.4 Å². The first-order valence-corrected chi connectivity index (χ1v) is 9.16. The van der Waals surface area contributed by atoms with E-state index >= 15 is 0 Å². The van der Waals surface area contributed by atoms with Gasteiger partial charge in [0.1, 0.15) is 6.67 Å². The van der Waals surface area contributed by atoms with Crippen molar-refractivity contribution in [2.75, 3.05) is 42.8 Å². The zero-order chi connectivity index (χ0) is 19.9. The molecule has 0 radical (unpaired) electrons. The number of hydrogen-bond donors (Lipinski definition) is 2. The summed E-state index contributed by atoms with van der Waals surface area (Å²) in [6.07, 6.45) is 0. The van der Waals surface area contributed by atoms with Crippen LogP contribution in [0.5, 0.6) is 0 Å². The third-order valence-corrected chi connectivity index (χ3v) is 4.43. The molecule has 3 rings (SSSR count). The Hall–Kier alpha value is -3.34. The molecular weight excluding hydrogens is 352 g/mol. The summed E-state index contributed by atoms with van der Waals surface area (Å²) in [5.74, 6) is -0.209. The van der Waals surface area contributed by atoms with E-state index in [-0.39, 0.29) is 12.5 Å². The molecule has 0 aliphatic heterocycles. The van der Waals surface area contributed by atoms with E-state index < -0.39 is 6.67 Å². The summed E-state index contributed by atoms with van der Waals surface area (Å²) < 4.78 is 12.6. The number of rotatable bonds is 7. The minimum Gasteiger partial charge on any atom is -0.381 e. The van der Waals surface area contributed by atoms with Crippen LogP contribution in [0.4, 0.5) is 21.5 Å². The Kier molecular flexibility index (Phi) is 6.27. The van der Waals surface area contributed by atoms with Crippen molar-refractivity contribution in [2.45, 2.75) is 0 Å². The zero-order valence-electron chi connectivity index (χ0n) is 16.1. The molecule has 0 fully saturated rings. The van der Waals surface area contributed by atoms with Crippen molar-refractivity contribution in [3.63, 3.8) is 0 Å². The van der Waals surface area contributed by atoms with Gasteiger partial charge in [0, 0.05) is 31.9 Å². The second-order valence-corrected chi connectivity index (χ2v) is 6.64. The molecule has 3 aromatic rings. The van der Waals surface area contributed by atoms with Gasteiger partial charge in [-0.05, 0) is 47.5 Å². The van der Waals surface area contributed by atoms with E-state index in [2.05, 4.69) is 10.6 Å². The second kappa shape index (κ2) is 9.04. The Morgan fingerprint density at radius 3 is 2.25 bits per heavy atom. The molecule has 144 valence electrons. The number of hydrogen-bond acceptors (Lipinski definition) is 3. The fourth-order valence-electron chi connectivity index (χ4n) is 2.90. The van der Waals surface area contributed by atoms with Crippen molar-refractivity contribution in [1.29, 1.82) is 0 Å². The van der Waals surface area contributed by atoms with Crippen LogP contribution in [0.3, 0.4) is 0 Å². The van der Waals surface area contributed by atoms with Gasteiger partial charge < -0.3 is 15.5 Å². The van der Waals surface area contributed by atoms with Crippen molar-refractivity contribution < 1.29 is 9.18 Å². The van der Waals surface area contributed by atoms with Crippen LogP contribution in [0, 0.1) is 0 Å². The SMILES string of the molecule is CN(C)c1ccc(C(=O)Nc2cc(-c3ccccc3)ccc2NCC[18F])cc1. The molecular formula is C23H24FN3O. The summed E-state index contributed by atoms with van der Waals surface area (Å²) in [5, 5.41) is 5.98. The lowest BCUT2D eigenvalue weighted by molar-refractivity contribution is 0.102. The highest BCUT2D eigenvalue weighted by molar-refractivity contribution is 6.06. The molecule has 0 aromatic heterocycles. The third-order valence-electron chi connectivity index (χ3n) is 4.43. The number of carbonyl (C=O) groups is 1. The molecule has 28 heavy (non-hydrogen) atoms. The predicted octanol–water partition coefficient (Wildman–Crippen LogP) is 5.05. The predicted molar refractivity (Wildman–Crippen MR) is 115 cm³/mol. The van der Waals surface area contributed by atoms with Gasteiger partial charge in [0.15, 0.2) is 0 Å². The molecule has 0 aliphatic carbocycles. The normalized spacial score (nSPS) is 10.4. The second-order valence-electron chi connectivity index (χ2n) is 6.64. The number of nitrogens with zero attached hydrogens (tertiary/aromatic N) is 1. The lowest BCUT2D eigenvalue weighted by atomic mass is 10.0. The minimum atomic E-state index is -0.486. The number of nitrogens with one attached hydrogen (secondary N) is 2. The molecule has 0 heterocycles. The summed E-state index contributed by atoms with van der Waals surface area (Å²) in [7, 11) is 3.90. The first-order chi connectivity index (χ1) is 13.6. The largest absolute Gasteiger partial charge is 0.381 e. The van der Waals surface area contributed by atoms with E-state index in [1.807, 2.05) is 79.7 Å². The van der Waals surface area contributed by atoms with Gasteiger partial charge in [-0.2, -0.15) is 0 Å². The molecule has 5 heteroatoms. The van der Waals surface area contributed by atoms with Crippen LogP contribution < -0.4 is 15.5 Å². The van der Waals surface area contributed by atoms with E-state index in [1.165, 1.54) is 0 Å². The van der Waals surface area contributed by atoms with Crippen molar-refractivity contribution >= 4 is 23.0 Å². The Morgan fingerprint density at radius 1 is 0.893 bits per heavy atom. The average molecular weight is 376 g/mol. The highest BCUT2D eigenvalue weighted by Gasteiger charge is 2.11. The van der Waals surface area contributed by atoms with Crippen molar-refractivity contribution in [3.8, 4) is 11.1 Å². The van der Waals surface area contributed by atoms with Crippen LogP contribution in [0.1, 0.15) is 10.4 Å². The van der Waals surface area contributed by atoms with Gasteiger partial charge in [0.25, 0.3) is 5.91 Å². The number of alkyl halides is 1. The maximum atomic E-state index is 12.7. The summed E-state index contributed by atoms with van der Waals surface area (Å²) in [6, 6.07) is 23.0. The standard InChI is InChI=1S/C23H24FN3O/c1-27(2)20-11-8-18(9-12-20)23(28)26-22-16-19(17-6-4-3-5-7-17)10-13-21(22)25-15-14-24/h3-13,16,25H,14-15H2,1-2H3,(H,26,28)/i24-1. The smallest absolute Gasteiger partial charge is 0.255 e. The molecule has 2 N–H and O–H groups in total. The van der Waals surface area contributed by atoms with Crippen molar-refractivity contribution in [1.82, 2.24) is 0 Å². The van der Waals surface area contributed by atoms with E-state index in [1.54, 1.807) is 12.1 Å². The zero-order valence-corrected chi connectivity index (χ0v) is 16.1. The molecule has 0 atom stereocenters. The average Bonchev–Trinajstić information content (AvgIpc) is 2.73. The molecule has 0 saturated heterocycles. The Balaban J connectivity index is 1.88. The minimum absolute atomic E-state index is 0.186. The molecule has 1 amide bonds. The fourth-order valence-corrected chi connectivity index (χ4v) is 2.90. The fraction of sp³-hybridized carbons (Fsp3) is 0.174. The van der Waals surface area contributed by atoms with Gasteiger partial charge in [-0.25, -0.2) is 4.39 Å². The first-order valence-electron chi connectivity index (χ1n) is 9.16. The van der Waals surface area contributed by atoms with E-state index in [4.69, 9.17) is 0 Å². The molecule has 0 unspecified atom stereocenters.